The largest absolute Gasteiger partial charge is 0.372 e. The SMILES string of the molecule is CNc1ncccc1C(=O)NCC1CCCCC1C. The van der Waals surface area contributed by atoms with Gasteiger partial charge in [-0.15, -0.1) is 0 Å². The molecule has 104 valence electrons. The first-order valence-electron chi connectivity index (χ1n) is 7.13. The van der Waals surface area contributed by atoms with Gasteiger partial charge in [0, 0.05) is 19.8 Å². The lowest BCUT2D eigenvalue weighted by Crippen LogP contribution is -2.33. The molecule has 4 nitrogen and oxygen atoms in total. The van der Waals surface area contributed by atoms with Gasteiger partial charge in [0.15, 0.2) is 0 Å². The quantitative estimate of drug-likeness (QED) is 0.876. The van der Waals surface area contributed by atoms with Crippen LogP contribution in [0.4, 0.5) is 5.82 Å². The third-order valence-corrected chi connectivity index (χ3v) is 4.10. The third-order valence-electron chi connectivity index (χ3n) is 4.10. The highest BCUT2D eigenvalue weighted by molar-refractivity contribution is 5.98. The summed E-state index contributed by atoms with van der Waals surface area (Å²) in [5.41, 5.74) is 0.619. The smallest absolute Gasteiger partial charge is 0.255 e. The number of pyridine rings is 1. The van der Waals surface area contributed by atoms with E-state index in [1.807, 2.05) is 0 Å². The average molecular weight is 261 g/mol. The van der Waals surface area contributed by atoms with Crippen molar-refractivity contribution in [2.75, 3.05) is 18.9 Å². The van der Waals surface area contributed by atoms with Gasteiger partial charge < -0.3 is 10.6 Å². The number of nitrogens with one attached hydrogen (secondary N) is 2. The van der Waals surface area contributed by atoms with Crippen LogP contribution in [0.1, 0.15) is 43.0 Å². The van der Waals surface area contributed by atoms with Gasteiger partial charge in [-0.3, -0.25) is 4.79 Å². The summed E-state index contributed by atoms with van der Waals surface area (Å²) in [5.74, 6) is 1.94. The molecule has 1 aliphatic rings. The van der Waals surface area contributed by atoms with Crippen molar-refractivity contribution in [2.45, 2.75) is 32.6 Å². The molecule has 2 N–H and O–H groups in total. The summed E-state index contributed by atoms with van der Waals surface area (Å²) in [5, 5.41) is 6.01. The number of carbonyl (C=O) groups is 1. The summed E-state index contributed by atoms with van der Waals surface area (Å²) >= 11 is 0. The molecule has 1 heterocycles. The van der Waals surface area contributed by atoms with Crippen molar-refractivity contribution in [3.05, 3.63) is 23.9 Å². The number of anilines is 1. The van der Waals surface area contributed by atoms with E-state index in [2.05, 4.69) is 22.5 Å². The van der Waals surface area contributed by atoms with E-state index in [0.717, 1.165) is 6.54 Å². The molecule has 0 spiro atoms. The fourth-order valence-corrected chi connectivity index (χ4v) is 2.80. The van der Waals surface area contributed by atoms with Crippen molar-refractivity contribution in [3.8, 4) is 0 Å². The van der Waals surface area contributed by atoms with Gasteiger partial charge in [0.05, 0.1) is 5.56 Å². The van der Waals surface area contributed by atoms with Crippen molar-refractivity contribution in [1.29, 1.82) is 0 Å². The van der Waals surface area contributed by atoms with Crippen LogP contribution < -0.4 is 10.6 Å². The average Bonchev–Trinajstić information content (AvgIpc) is 2.46. The van der Waals surface area contributed by atoms with Gasteiger partial charge in [-0.05, 0) is 30.4 Å². The zero-order valence-corrected chi connectivity index (χ0v) is 11.8. The molecule has 1 fully saturated rings. The van der Waals surface area contributed by atoms with Crippen molar-refractivity contribution in [1.82, 2.24) is 10.3 Å². The van der Waals surface area contributed by atoms with Crippen LogP contribution in [0.2, 0.25) is 0 Å². The molecular formula is C15H23N3O. The Morgan fingerprint density at radius 1 is 1.42 bits per heavy atom. The maximum Gasteiger partial charge on any atom is 0.255 e. The van der Waals surface area contributed by atoms with Gasteiger partial charge in [0.2, 0.25) is 0 Å². The van der Waals surface area contributed by atoms with Crippen molar-refractivity contribution >= 4 is 11.7 Å². The van der Waals surface area contributed by atoms with Gasteiger partial charge in [-0.25, -0.2) is 4.98 Å². The summed E-state index contributed by atoms with van der Waals surface area (Å²) in [6.07, 6.45) is 6.83. The van der Waals surface area contributed by atoms with Crippen LogP contribution in [0.25, 0.3) is 0 Å². The molecule has 0 bridgehead atoms. The summed E-state index contributed by atoms with van der Waals surface area (Å²) < 4.78 is 0. The fraction of sp³-hybridized carbons (Fsp3) is 0.600. The monoisotopic (exact) mass is 261 g/mol. The Labute approximate surface area is 115 Å². The summed E-state index contributed by atoms with van der Waals surface area (Å²) in [7, 11) is 1.78. The molecule has 2 atom stereocenters. The molecule has 19 heavy (non-hydrogen) atoms. The molecule has 4 heteroatoms. The lowest BCUT2D eigenvalue weighted by Gasteiger charge is -2.28. The number of hydrogen-bond acceptors (Lipinski definition) is 3. The molecule has 0 aliphatic heterocycles. The predicted octanol–water partition coefficient (Wildman–Crippen LogP) is 2.68. The molecule has 1 aliphatic carbocycles. The van der Waals surface area contributed by atoms with Crippen LogP contribution in [0.3, 0.4) is 0 Å². The van der Waals surface area contributed by atoms with E-state index in [-0.39, 0.29) is 5.91 Å². The molecule has 0 saturated heterocycles. The van der Waals surface area contributed by atoms with Crippen LogP contribution in [0.5, 0.6) is 0 Å². The molecule has 0 radical (unpaired) electrons. The van der Waals surface area contributed by atoms with Gasteiger partial charge in [-0.2, -0.15) is 0 Å². The van der Waals surface area contributed by atoms with E-state index in [4.69, 9.17) is 0 Å². The zero-order valence-electron chi connectivity index (χ0n) is 11.8. The molecule has 1 amide bonds. The Morgan fingerprint density at radius 3 is 2.95 bits per heavy atom. The first kappa shape index (κ1) is 13.8. The standard InChI is InChI=1S/C15H23N3O/c1-11-6-3-4-7-12(11)10-18-15(19)13-8-5-9-17-14(13)16-2/h5,8-9,11-12H,3-4,6-7,10H2,1-2H3,(H,16,17)(H,18,19). The van der Waals surface area contributed by atoms with Crippen LogP contribution in [-0.2, 0) is 0 Å². The second kappa shape index (κ2) is 6.55. The number of nitrogens with zero attached hydrogens (tertiary/aromatic N) is 1. The van der Waals surface area contributed by atoms with Crippen LogP contribution >= 0.6 is 0 Å². The molecular weight excluding hydrogens is 238 g/mol. The lowest BCUT2D eigenvalue weighted by molar-refractivity contribution is 0.0937. The first-order chi connectivity index (χ1) is 9.22. The van der Waals surface area contributed by atoms with E-state index >= 15 is 0 Å². The zero-order chi connectivity index (χ0) is 13.7. The molecule has 2 unspecified atom stereocenters. The van der Waals surface area contributed by atoms with Gasteiger partial charge in [-0.1, -0.05) is 26.2 Å². The number of amides is 1. The minimum atomic E-state index is -0.0322. The second-order valence-electron chi connectivity index (χ2n) is 5.38. The van der Waals surface area contributed by atoms with E-state index in [1.54, 1.807) is 25.4 Å². The maximum absolute atomic E-state index is 12.2. The van der Waals surface area contributed by atoms with Gasteiger partial charge in [0.1, 0.15) is 5.82 Å². The topological polar surface area (TPSA) is 54.0 Å². The van der Waals surface area contributed by atoms with E-state index in [0.29, 0.717) is 23.2 Å². The number of aromatic nitrogens is 1. The highest BCUT2D eigenvalue weighted by Crippen LogP contribution is 2.28. The first-order valence-corrected chi connectivity index (χ1v) is 7.13. The molecule has 0 aromatic carbocycles. The van der Waals surface area contributed by atoms with E-state index in [1.165, 1.54) is 25.7 Å². The summed E-state index contributed by atoms with van der Waals surface area (Å²) in [4.78, 5) is 16.3. The Bertz CT molecular complexity index is 433. The predicted molar refractivity (Wildman–Crippen MR) is 77.2 cm³/mol. The molecule has 1 aromatic rings. The van der Waals surface area contributed by atoms with E-state index in [9.17, 15) is 4.79 Å². The van der Waals surface area contributed by atoms with Crippen molar-refractivity contribution in [2.24, 2.45) is 11.8 Å². The Kier molecular flexibility index (Phi) is 4.77. The van der Waals surface area contributed by atoms with Crippen LogP contribution in [0.15, 0.2) is 18.3 Å². The number of carbonyl (C=O) groups excluding carboxylic acids is 1. The highest BCUT2D eigenvalue weighted by Gasteiger charge is 2.22. The Balaban J connectivity index is 1.93. The van der Waals surface area contributed by atoms with Crippen molar-refractivity contribution < 1.29 is 4.79 Å². The Hall–Kier alpha value is -1.58. The minimum Gasteiger partial charge on any atom is -0.372 e. The van der Waals surface area contributed by atoms with Gasteiger partial charge in [0.25, 0.3) is 5.91 Å². The molecule has 1 saturated carbocycles. The lowest BCUT2D eigenvalue weighted by atomic mass is 9.80. The van der Waals surface area contributed by atoms with Crippen molar-refractivity contribution in [3.63, 3.8) is 0 Å². The normalized spacial score (nSPS) is 22.8. The summed E-state index contributed by atoms with van der Waals surface area (Å²) in [6, 6.07) is 3.59. The second-order valence-corrected chi connectivity index (χ2v) is 5.38. The Morgan fingerprint density at radius 2 is 2.21 bits per heavy atom. The minimum absolute atomic E-state index is 0.0322. The third kappa shape index (κ3) is 3.46. The fourth-order valence-electron chi connectivity index (χ4n) is 2.80. The number of hydrogen-bond donors (Lipinski definition) is 2. The van der Waals surface area contributed by atoms with Gasteiger partial charge >= 0.3 is 0 Å². The van der Waals surface area contributed by atoms with E-state index < -0.39 is 0 Å². The molecule has 2 rings (SSSR count). The van der Waals surface area contributed by atoms with Crippen LogP contribution in [0, 0.1) is 11.8 Å². The maximum atomic E-state index is 12.2. The molecule has 1 aromatic heterocycles. The number of rotatable bonds is 4. The van der Waals surface area contributed by atoms with Crippen LogP contribution in [-0.4, -0.2) is 24.5 Å². The highest BCUT2D eigenvalue weighted by atomic mass is 16.1. The summed E-state index contributed by atoms with van der Waals surface area (Å²) in [6.45, 7) is 3.07.